The summed E-state index contributed by atoms with van der Waals surface area (Å²) in [6.45, 7) is 5.59. The largest absolute Gasteiger partial charge is 0.387 e. The van der Waals surface area contributed by atoms with Gasteiger partial charge in [0.15, 0.2) is 0 Å². The van der Waals surface area contributed by atoms with Gasteiger partial charge in [0.1, 0.15) is 0 Å². The Labute approximate surface area is 109 Å². The van der Waals surface area contributed by atoms with Gasteiger partial charge in [0.2, 0.25) is 0 Å². The molecular formula is C15H23NO2. The molecule has 18 heavy (non-hydrogen) atoms. The van der Waals surface area contributed by atoms with Crippen LogP contribution in [0.5, 0.6) is 0 Å². The van der Waals surface area contributed by atoms with Crippen molar-refractivity contribution in [1.29, 1.82) is 0 Å². The Bertz CT molecular complexity index is 363. The van der Waals surface area contributed by atoms with Gasteiger partial charge >= 0.3 is 0 Å². The van der Waals surface area contributed by atoms with Crippen LogP contribution in [0.25, 0.3) is 0 Å². The zero-order valence-corrected chi connectivity index (χ0v) is 11.2. The lowest BCUT2D eigenvalue weighted by Crippen LogP contribution is -2.39. The van der Waals surface area contributed by atoms with E-state index in [0.29, 0.717) is 18.7 Å². The molecule has 0 bridgehead atoms. The first kappa shape index (κ1) is 13.5. The maximum Gasteiger partial charge on any atom is 0.0914 e. The molecule has 1 aromatic carbocycles. The SMILES string of the molecule is Cc1ccc(C(O)CNC2CCOC(C)C2)cc1. The van der Waals surface area contributed by atoms with E-state index in [0.717, 1.165) is 25.0 Å². The van der Waals surface area contributed by atoms with Crippen LogP contribution in [0.4, 0.5) is 0 Å². The summed E-state index contributed by atoms with van der Waals surface area (Å²) in [4.78, 5) is 0. The monoisotopic (exact) mass is 249 g/mol. The van der Waals surface area contributed by atoms with Gasteiger partial charge in [0.25, 0.3) is 0 Å². The summed E-state index contributed by atoms with van der Waals surface area (Å²) in [5.74, 6) is 0. The molecule has 0 spiro atoms. The van der Waals surface area contributed by atoms with Crippen molar-refractivity contribution in [2.45, 2.75) is 44.9 Å². The van der Waals surface area contributed by atoms with Crippen molar-refractivity contribution in [2.75, 3.05) is 13.2 Å². The molecule has 1 aliphatic rings. The van der Waals surface area contributed by atoms with E-state index in [1.165, 1.54) is 5.56 Å². The minimum atomic E-state index is -0.427. The van der Waals surface area contributed by atoms with Crippen molar-refractivity contribution in [3.63, 3.8) is 0 Å². The zero-order valence-electron chi connectivity index (χ0n) is 11.2. The summed E-state index contributed by atoms with van der Waals surface area (Å²) in [6.07, 6.45) is 1.96. The number of benzene rings is 1. The fraction of sp³-hybridized carbons (Fsp3) is 0.600. The molecule has 1 fully saturated rings. The molecule has 3 unspecified atom stereocenters. The number of aryl methyl sites for hydroxylation is 1. The Morgan fingerprint density at radius 1 is 1.39 bits per heavy atom. The molecule has 0 aromatic heterocycles. The van der Waals surface area contributed by atoms with E-state index < -0.39 is 6.10 Å². The van der Waals surface area contributed by atoms with E-state index in [1.54, 1.807) is 0 Å². The first-order valence-corrected chi connectivity index (χ1v) is 6.75. The molecule has 0 saturated carbocycles. The number of hydrogen-bond donors (Lipinski definition) is 2. The lowest BCUT2D eigenvalue weighted by atomic mass is 10.0. The summed E-state index contributed by atoms with van der Waals surface area (Å²) in [6, 6.07) is 8.53. The Hall–Kier alpha value is -0.900. The van der Waals surface area contributed by atoms with Crippen LogP contribution in [-0.2, 0) is 4.74 Å². The van der Waals surface area contributed by atoms with Crippen LogP contribution in [-0.4, -0.2) is 30.4 Å². The van der Waals surface area contributed by atoms with Crippen molar-refractivity contribution in [3.05, 3.63) is 35.4 Å². The van der Waals surface area contributed by atoms with Crippen molar-refractivity contribution in [2.24, 2.45) is 0 Å². The molecular weight excluding hydrogens is 226 g/mol. The second-order valence-corrected chi connectivity index (χ2v) is 5.24. The summed E-state index contributed by atoms with van der Waals surface area (Å²) >= 11 is 0. The predicted octanol–water partition coefficient (Wildman–Crippen LogP) is 2.19. The van der Waals surface area contributed by atoms with Gasteiger partial charge in [0, 0.05) is 19.2 Å². The van der Waals surface area contributed by atoms with E-state index >= 15 is 0 Å². The van der Waals surface area contributed by atoms with Crippen LogP contribution in [0.3, 0.4) is 0 Å². The lowest BCUT2D eigenvalue weighted by Gasteiger charge is -2.28. The first-order valence-electron chi connectivity index (χ1n) is 6.75. The Balaban J connectivity index is 1.80. The third-order valence-electron chi connectivity index (χ3n) is 3.55. The number of aliphatic hydroxyl groups excluding tert-OH is 1. The topological polar surface area (TPSA) is 41.5 Å². The molecule has 2 rings (SSSR count). The maximum absolute atomic E-state index is 10.1. The molecule has 3 atom stereocenters. The van der Waals surface area contributed by atoms with Gasteiger partial charge in [-0.2, -0.15) is 0 Å². The van der Waals surface area contributed by atoms with Crippen LogP contribution in [0.1, 0.15) is 37.0 Å². The van der Waals surface area contributed by atoms with E-state index in [9.17, 15) is 5.11 Å². The molecule has 100 valence electrons. The highest BCUT2D eigenvalue weighted by atomic mass is 16.5. The Morgan fingerprint density at radius 2 is 2.11 bits per heavy atom. The third kappa shape index (κ3) is 3.80. The van der Waals surface area contributed by atoms with E-state index in [4.69, 9.17) is 4.74 Å². The summed E-state index contributed by atoms with van der Waals surface area (Å²) in [5, 5.41) is 13.5. The molecule has 1 heterocycles. The van der Waals surface area contributed by atoms with Crippen molar-refractivity contribution in [1.82, 2.24) is 5.32 Å². The highest BCUT2D eigenvalue weighted by Gasteiger charge is 2.19. The van der Waals surface area contributed by atoms with Crippen LogP contribution < -0.4 is 5.32 Å². The van der Waals surface area contributed by atoms with Gasteiger partial charge in [-0.3, -0.25) is 0 Å². The van der Waals surface area contributed by atoms with Crippen LogP contribution in [0, 0.1) is 6.92 Å². The van der Waals surface area contributed by atoms with Crippen LogP contribution in [0.2, 0.25) is 0 Å². The van der Waals surface area contributed by atoms with Crippen LogP contribution in [0.15, 0.2) is 24.3 Å². The molecule has 3 heteroatoms. The van der Waals surface area contributed by atoms with Crippen LogP contribution >= 0.6 is 0 Å². The van der Waals surface area contributed by atoms with Crippen molar-refractivity contribution in [3.8, 4) is 0 Å². The molecule has 1 saturated heterocycles. The van der Waals surface area contributed by atoms with E-state index in [-0.39, 0.29) is 0 Å². The minimum Gasteiger partial charge on any atom is -0.387 e. The minimum absolute atomic E-state index is 0.327. The number of nitrogens with one attached hydrogen (secondary N) is 1. The quantitative estimate of drug-likeness (QED) is 0.859. The number of hydrogen-bond acceptors (Lipinski definition) is 3. The molecule has 0 aliphatic carbocycles. The van der Waals surface area contributed by atoms with Gasteiger partial charge in [0.05, 0.1) is 12.2 Å². The van der Waals surface area contributed by atoms with Gasteiger partial charge in [-0.25, -0.2) is 0 Å². The third-order valence-corrected chi connectivity index (χ3v) is 3.55. The van der Waals surface area contributed by atoms with Gasteiger partial charge in [-0.1, -0.05) is 29.8 Å². The molecule has 0 amide bonds. The number of ether oxygens (including phenoxy) is 1. The van der Waals surface area contributed by atoms with Crippen molar-refractivity contribution < 1.29 is 9.84 Å². The average molecular weight is 249 g/mol. The fourth-order valence-electron chi connectivity index (χ4n) is 2.37. The number of aliphatic hydroxyl groups is 1. The Morgan fingerprint density at radius 3 is 2.78 bits per heavy atom. The smallest absolute Gasteiger partial charge is 0.0914 e. The normalized spacial score (nSPS) is 25.9. The highest BCUT2D eigenvalue weighted by Crippen LogP contribution is 2.16. The summed E-state index contributed by atoms with van der Waals surface area (Å²) in [7, 11) is 0. The zero-order chi connectivity index (χ0) is 13.0. The second-order valence-electron chi connectivity index (χ2n) is 5.24. The molecule has 2 N–H and O–H groups in total. The summed E-state index contributed by atoms with van der Waals surface area (Å²) < 4.78 is 5.51. The lowest BCUT2D eigenvalue weighted by molar-refractivity contribution is 0.0109. The maximum atomic E-state index is 10.1. The molecule has 1 aliphatic heterocycles. The summed E-state index contributed by atoms with van der Waals surface area (Å²) in [5.41, 5.74) is 2.20. The average Bonchev–Trinajstić information content (AvgIpc) is 2.37. The standard InChI is InChI=1S/C15H23NO2/c1-11-3-5-13(6-4-11)15(17)10-16-14-7-8-18-12(2)9-14/h3-6,12,14-17H,7-10H2,1-2H3. The Kier molecular flexibility index (Phi) is 4.75. The van der Waals surface area contributed by atoms with Crippen molar-refractivity contribution >= 4 is 0 Å². The van der Waals surface area contributed by atoms with Gasteiger partial charge < -0.3 is 15.2 Å². The van der Waals surface area contributed by atoms with E-state index in [2.05, 4.69) is 19.2 Å². The highest BCUT2D eigenvalue weighted by molar-refractivity contribution is 5.23. The van der Waals surface area contributed by atoms with Gasteiger partial charge in [-0.05, 0) is 32.3 Å². The first-order chi connectivity index (χ1) is 8.65. The molecule has 3 nitrogen and oxygen atoms in total. The molecule has 1 aromatic rings. The fourth-order valence-corrected chi connectivity index (χ4v) is 2.37. The molecule has 0 radical (unpaired) electrons. The van der Waals surface area contributed by atoms with E-state index in [1.807, 2.05) is 24.3 Å². The predicted molar refractivity (Wildman–Crippen MR) is 72.6 cm³/mol. The second kappa shape index (κ2) is 6.32. The number of rotatable bonds is 4. The van der Waals surface area contributed by atoms with Gasteiger partial charge in [-0.15, -0.1) is 0 Å².